The van der Waals surface area contributed by atoms with Gasteiger partial charge < -0.3 is 18.9 Å². The van der Waals surface area contributed by atoms with Crippen molar-refractivity contribution in [2.75, 3.05) is 13.2 Å². The van der Waals surface area contributed by atoms with E-state index in [1.807, 2.05) is 24.3 Å². The van der Waals surface area contributed by atoms with Crippen LogP contribution in [0.1, 0.15) is 31.8 Å². The summed E-state index contributed by atoms with van der Waals surface area (Å²) in [4.78, 5) is 25.0. The van der Waals surface area contributed by atoms with Crippen molar-refractivity contribution in [3.05, 3.63) is 107 Å². The van der Waals surface area contributed by atoms with Gasteiger partial charge in [0.05, 0.1) is 0 Å². The molecule has 6 nitrogen and oxygen atoms in total. The highest BCUT2D eigenvalue weighted by Gasteiger charge is 2.16. The molecule has 0 N–H and O–H groups in total. The van der Waals surface area contributed by atoms with E-state index in [0.717, 1.165) is 11.1 Å². The molecule has 0 bridgehead atoms. The van der Waals surface area contributed by atoms with Crippen LogP contribution in [0.25, 0.3) is 0 Å². The molecule has 32 heavy (non-hydrogen) atoms. The molecule has 0 unspecified atom stereocenters. The first-order chi connectivity index (χ1) is 15.7. The summed E-state index contributed by atoms with van der Waals surface area (Å²) in [7, 11) is 0. The molecule has 0 saturated carbocycles. The number of cyclic esters (lactones) is 2. The maximum atomic E-state index is 12.5. The van der Waals surface area contributed by atoms with Gasteiger partial charge in [0.25, 0.3) is 0 Å². The molecule has 0 saturated heterocycles. The molecule has 0 aliphatic carbocycles. The van der Waals surface area contributed by atoms with Gasteiger partial charge in [-0.2, -0.15) is 0 Å². The number of carbonyl (C=O) groups excluding carboxylic acids is 2. The Labute approximate surface area is 186 Å². The predicted molar refractivity (Wildman–Crippen MR) is 118 cm³/mol. The van der Waals surface area contributed by atoms with Crippen LogP contribution in [0.15, 0.2) is 84.9 Å². The fourth-order valence-corrected chi connectivity index (χ4v) is 3.21. The zero-order valence-electron chi connectivity index (χ0n) is 17.4. The summed E-state index contributed by atoms with van der Waals surface area (Å²) in [6.45, 7) is 0.585. The molecule has 0 radical (unpaired) electrons. The topological polar surface area (TPSA) is 71.1 Å². The molecule has 0 atom stereocenters. The lowest BCUT2D eigenvalue weighted by atomic mass is 10.1. The summed E-state index contributed by atoms with van der Waals surface area (Å²) in [5, 5.41) is 0. The number of carbonyl (C=O) groups is 2. The Morgan fingerprint density at radius 1 is 0.500 bits per heavy atom. The smallest absolute Gasteiger partial charge is 0.342 e. The van der Waals surface area contributed by atoms with E-state index in [9.17, 15) is 9.59 Å². The predicted octanol–water partition coefficient (Wildman–Crippen LogP) is 4.73. The van der Waals surface area contributed by atoms with E-state index in [4.69, 9.17) is 18.9 Å². The Morgan fingerprint density at radius 2 is 0.906 bits per heavy atom. The largest absolute Gasteiger partial charge is 0.488 e. The third kappa shape index (κ3) is 5.16. The van der Waals surface area contributed by atoms with Crippen LogP contribution in [-0.4, -0.2) is 25.2 Å². The minimum Gasteiger partial charge on any atom is -0.488 e. The Kier molecular flexibility index (Phi) is 6.82. The summed E-state index contributed by atoms with van der Waals surface area (Å²) in [5.74, 6) is -0.0991. The minimum absolute atomic E-state index is 0.0489. The maximum Gasteiger partial charge on any atom is 0.342 e. The van der Waals surface area contributed by atoms with Crippen molar-refractivity contribution in [2.45, 2.75) is 13.2 Å². The highest BCUT2D eigenvalue weighted by molar-refractivity contribution is 5.93. The maximum absolute atomic E-state index is 12.5. The fourth-order valence-electron chi connectivity index (χ4n) is 3.21. The van der Waals surface area contributed by atoms with Crippen LogP contribution in [0, 0.1) is 0 Å². The quantitative estimate of drug-likeness (QED) is 0.379. The van der Waals surface area contributed by atoms with Crippen LogP contribution in [-0.2, 0) is 22.7 Å². The Bertz CT molecular complexity index is 1050. The van der Waals surface area contributed by atoms with E-state index in [-0.39, 0.29) is 26.4 Å². The van der Waals surface area contributed by atoms with Gasteiger partial charge in [0.15, 0.2) is 0 Å². The Balaban J connectivity index is 1.63. The van der Waals surface area contributed by atoms with Gasteiger partial charge in [-0.05, 0) is 47.5 Å². The van der Waals surface area contributed by atoms with Crippen LogP contribution in [0.4, 0.5) is 0 Å². The molecule has 1 heterocycles. The molecule has 162 valence electrons. The molecule has 3 aromatic carbocycles. The van der Waals surface area contributed by atoms with Gasteiger partial charge in [0.1, 0.15) is 49.1 Å². The standard InChI is InChI=1S/C26H22O6/c27-25-21-11-3-5-13-23(21)31-17-19-9-1-2-10-20(19)18-32-24-14-6-4-12-22(24)26(28)30-16-8-7-15-29-25/h1-14H,15-18H2/b8-7-. The van der Waals surface area contributed by atoms with Gasteiger partial charge in [-0.25, -0.2) is 9.59 Å². The number of hydrogen-bond donors (Lipinski definition) is 0. The number of hydrogen-bond acceptors (Lipinski definition) is 6. The highest BCUT2D eigenvalue weighted by Crippen LogP contribution is 2.24. The van der Waals surface area contributed by atoms with E-state index in [1.165, 1.54) is 0 Å². The van der Waals surface area contributed by atoms with Gasteiger partial charge in [-0.1, -0.05) is 48.5 Å². The lowest BCUT2D eigenvalue weighted by Gasteiger charge is -2.15. The lowest BCUT2D eigenvalue weighted by molar-refractivity contribution is 0.0521. The molecule has 1 aliphatic heterocycles. The van der Waals surface area contributed by atoms with Crippen molar-refractivity contribution in [3.8, 4) is 11.5 Å². The number of para-hydroxylation sites is 2. The second-order valence-electron chi connectivity index (χ2n) is 7.01. The van der Waals surface area contributed by atoms with Crippen LogP contribution in [0.3, 0.4) is 0 Å². The Morgan fingerprint density at radius 3 is 1.38 bits per heavy atom. The first-order valence-electron chi connectivity index (χ1n) is 10.2. The monoisotopic (exact) mass is 430 g/mol. The van der Waals surface area contributed by atoms with Gasteiger partial charge in [-0.3, -0.25) is 0 Å². The molecule has 6 heteroatoms. The molecule has 0 spiro atoms. The van der Waals surface area contributed by atoms with E-state index in [1.54, 1.807) is 60.7 Å². The molecular formula is C26H22O6. The summed E-state index contributed by atoms with van der Waals surface area (Å²) < 4.78 is 22.5. The van der Waals surface area contributed by atoms with E-state index in [2.05, 4.69) is 0 Å². The number of ether oxygens (including phenoxy) is 4. The number of fused-ring (bicyclic) bond motifs is 3. The van der Waals surface area contributed by atoms with Crippen LogP contribution in [0.2, 0.25) is 0 Å². The first kappa shape index (κ1) is 21.2. The van der Waals surface area contributed by atoms with Crippen LogP contribution in [0.5, 0.6) is 11.5 Å². The first-order valence-corrected chi connectivity index (χ1v) is 10.2. The van der Waals surface area contributed by atoms with E-state index < -0.39 is 11.9 Å². The summed E-state index contributed by atoms with van der Waals surface area (Å²) in [5.41, 5.74) is 2.49. The summed E-state index contributed by atoms with van der Waals surface area (Å²) in [6.07, 6.45) is 3.24. The molecule has 0 amide bonds. The molecule has 0 fully saturated rings. The number of benzene rings is 3. The van der Waals surface area contributed by atoms with Crippen molar-refractivity contribution < 1.29 is 28.5 Å². The highest BCUT2D eigenvalue weighted by atomic mass is 16.5. The zero-order chi connectivity index (χ0) is 22.2. The van der Waals surface area contributed by atoms with E-state index in [0.29, 0.717) is 22.6 Å². The number of rotatable bonds is 0. The average molecular weight is 430 g/mol. The van der Waals surface area contributed by atoms with Crippen molar-refractivity contribution in [2.24, 2.45) is 0 Å². The van der Waals surface area contributed by atoms with E-state index >= 15 is 0 Å². The normalized spacial score (nSPS) is 15.8. The summed E-state index contributed by atoms with van der Waals surface area (Å²) >= 11 is 0. The lowest BCUT2D eigenvalue weighted by Crippen LogP contribution is -2.11. The molecule has 1 aliphatic rings. The minimum atomic E-state index is -0.492. The van der Waals surface area contributed by atoms with Gasteiger partial charge in [0, 0.05) is 0 Å². The summed E-state index contributed by atoms with van der Waals surface area (Å²) in [6, 6.07) is 21.6. The second kappa shape index (κ2) is 10.3. The van der Waals surface area contributed by atoms with Crippen molar-refractivity contribution in [1.29, 1.82) is 0 Å². The fraction of sp³-hybridized carbons (Fsp3) is 0.154. The Hall–Kier alpha value is -4.06. The van der Waals surface area contributed by atoms with Crippen LogP contribution < -0.4 is 9.47 Å². The molecule has 3 aromatic rings. The number of esters is 2. The zero-order valence-corrected chi connectivity index (χ0v) is 17.4. The van der Waals surface area contributed by atoms with Crippen molar-refractivity contribution >= 4 is 11.9 Å². The average Bonchev–Trinajstić information content (AvgIpc) is 2.83. The van der Waals surface area contributed by atoms with Crippen LogP contribution >= 0.6 is 0 Å². The van der Waals surface area contributed by atoms with Gasteiger partial charge in [-0.15, -0.1) is 0 Å². The van der Waals surface area contributed by atoms with Gasteiger partial charge in [0.2, 0.25) is 0 Å². The van der Waals surface area contributed by atoms with Crippen molar-refractivity contribution in [3.63, 3.8) is 0 Å². The molecule has 4 rings (SSSR count). The SMILES string of the molecule is O=C1OC/C=C\COC(=O)c2ccccc2OCc2ccccc2COc2ccccc21. The molecular weight excluding hydrogens is 408 g/mol. The molecule has 0 aromatic heterocycles. The third-order valence-corrected chi connectivity index (χ3v) is 4.89. The van der Waals surface area contributed by atoms with Crippen molar-refractivity contribution in [1.82, 2.24) is 0 Å². The third-order valence-electron chi connectivity index (χ3n) is 4.89. The van der Waals surface area contributed by atoms with Gasteiger partial charge >= 0.3 is 11.9 Å². The second-order valence-corrected chi connectivity index (χ2v) is 7.01.